The number of aryl methyl sites for hydroxylation is 1. The molecule has 6 heteroatoms. The highest BCUT2D eigenvalue weighted by Gasteiger charge is 2.21. The highest BCUT2D eigenvalue weighted by atomic mass is 32.1. The van der Waals surface area contributed by atoms with E-state index >= 15 is 0 Å². The molecule has 1 aliphatic rings. The number of nitrogens with zero attached hydrogens (tertiary/aromatic N) is 1. The van der Waals surface area contributed by atoms with Crippen LogP contribution in [0.2, 0.25) is 0 Å². The van der Waals surface area contributed by atoms with Gasteiger partial charge in [0, 0.05) is 10.4 Å². The average molecular weight is 370 g/mol. The molecule has 0 saturated heterocycles. The molecule has 1 aliphatic carbocycles. The monoisotopic (exact) mass is 370 g/mol. The van der Waals surface area contributed by atoms with Crippen molar-refractivity contribution < 1.29 is 14.3 Å². The van der Waals surface area contributed by atoms with Crippen molar-refractivity contribution in [1.29, 1.82) is 0 Å². The largest absolute Gasteiger partial charge is 0.465 e. The van der Waals surface area contributed by atoms with E-state index in [4.69, 9.17) is 4.74 Å². The Morgan fingerprint density at radius 2 is 2.19 bits per heavy atom. The third kappa shape index (κ3) is 4.02. The zero-order valence-electron chi connectivity index (χ0n) is 15.0. The van der Waals surface area contributed by atoms with Crippen LogP contribution in [-0.2, 0) is 17.6 Å². The lowest BCUT2D eigenvalue weighted by atomic mass is 9.87. The van der Waals surface area contributed by atoms with Crippen LogP contribution in [-0.4, -0.2) is 25.2 Å². The first-order valence-electron chi connectivity index (χ1n) is 8.74. The Morgan fingerprint density at radius 1 is 1.38 bits per heavy atom. The molecule has 0 bridgehead atoms. The summed E-state index contributed by atoms with van der Waals surface area (Å²) in [6.45, 7) is 2.22. The van der Waals surface area contributed by atoms with Crippen molar-refractivity contribution in [2.45, 2.75) is 32.6 Å². The van der Waals surface area contributed by atoms with E-state index in [1.807, 2.05) is 6.07 Å². The maximum absolute atomic E-state index is 12.4. The fraction of sp³-hybridized carbons (Fsp3) is 0.350. The maximum Gasteiger partial charge on any atom is 0.338 e. The van der Waals surface area contributed by atoms with Crippen molar-refractivity contribution in [3.05, 3.63) is 56.8 Å². The van der Waals surface area contributed by atoms with E-state index in [2.05, 4.69) is 17.5 Å². The van der Waals surface area contributed by atoms with Crippen molar-refractivity contribution >= 4 is 29.4 Å². The lowest BCUT2D eigenvalue weighted by Gasteiger charge is -2.19. The Labute approximate surface area is 157 Å². The van der Waals surface area contributed by atoms with Crippen LogP contribution < -0.4 is 5.43 Å². The van der Waals surface area contributed by atoms with Gasteiger partial charge in [0.05, 0.1) is 23.8 Å². The third-order valence-electron chi connectivity index (χ3n) is 4.72. The van der Waals surface area contributed by atoms with Gasteiger partial charge in [-0.3, -0.25) is 4.79 Å². The van der Waals surface area contributed by atoms with Crippen molar-refractivity contribution in [2.75, 3.05) is 7.11 Å². The lowest BCUT2D eigenvalue weighted by molar-refractivity contribution is 0.0600. The number of methoxy groups -OCH3 is 1. The number of rotatable bonds is 5. The molecule has 5 nitrogen and oxygen atoms in total. The predicted molar refractivity (Wildman–Crippen MR) is 103 cm³/mol. The summed E-state index contributed by atoms with van der Waals surface area (Å²) >= 11 is 1.55. The predicted octanol–water partition coefficient (Wildman–Crippen LogP) is 3.81. The molecule has 0 unspecified atom stereocenters. The minimum Gasteiger partial charge on any atom is -0.465 e. The quantitative estimate of drug-likeness (QED) is 0.494. The zero-order valence-corrected chi connectivity index (χ0v) is 15.8. The number of ether oxygens (including phenoxy) is 1. The van der Waals surface area contributed by atoms with Gasteiger partial charge in [0.2, 0.25) is 0 Å². The SMILES string of the molecule is CC[C@H]1CCc2sc(C(=O)N/N=C\c3ccccc3C(=O)OC)cc2C1. The van der Waals surface area contributed by atoms with E-state index < -0.39 is 5.97 Å². The third-order valence-corrected chi connectivity index (χ3v) is 5.96. The lowest BCUT2D eigenvalue weighted by Crippen LogP contribution is -2.16. The average Bonchev–Trinajstić information content (AvgIpc) is 3.11. The second-order valence-corrected chi connectivity index (χ2v) is 7.49. The Morgan fingerprint density at radius 3 is 2.96 bits per heavy atom. The molecule has 3 rings (SSSR count). The van der Waals surface area contributed by atoms with E-state index in [1.54, 1.807) is 35.6 Å². The van der Waals surface area contributed by atoms with E-state index in [-0.39, 0.29) is 5.91 Å². The number of amides is 1. The minimum atomic E-state index is -0.435. The summed E-state index contributed by atoms with van der Waals surface area (Å²) in [4.78, 5) is 26.1. The van der Waals surface area contributed by atoms with E-state index in [9.17, 15) is 9.59 Å². The Balaban J connectivity index is 1.68. The number of carbonyl (C=O) groups excluding carboxylic acids is 2. The second kappa shape index (κ2) is 8.27. The van der Waals surface area contributed by atoms with Gasteiger partial charge in [0.1, 0.15) is 0 Å². The smallest absolute Gasteiger partial charge is 0.338 e. The molecule has 1 atom stereocenters. The van der Waals surface area contributed by atoms with E-state index in [0.29, 0.717) is 16.0 Å². The van der Waals surface area contributed by atoms with Gasteiger partial charge < -0.3 is 4.74 Å². The molecule has 2 aromatic rings. The second-order valence-electron chi connectivity index (χ2n) is 6.35. The standard InChI is InChI=1S/C20H22N2O3S/c1-3-13-8-9-17-15(10-13)11-18(26-17)19(23)22-21-12-14-6-4-5-7-16(14)20(24)25-2/h4-7,11-13H,3,8-10H2,1-2H3,(H,22,23)/b21-12-/t13-/m0/s1. The minimum absolute atomic E-state index is 0.218. The number of benzene rings is 1. The Kier molecular flexibility index (Phi) is 5.83. The van der Waals surface area contributed by atoms with E-state index in [1.165, 1.54) is 36.6 Å². The first-order chi connectivity index (χ1) is 12.6. The molecular formula is C20H22N2O3S. The molecule has 1 amide bonds. The summed E-state index contributed by atoms with van der Waals surface area (Å²) in [7, 11) is 1.33. The molecule has 1 heterocycles. The zero-order chi connectivity index (χ0) is 18.5. The molecule has 1 aromatic heterocycles. The maximum atomic E-state index is 12.4. The van der Waals surface area contributed by atoms with Crippen LogP contribution in [0.5, 0.6) is 0 Å². The molecule has 0 radical (unpaired) electrons. The Bertz CT molecular complexity index is 841. The number of hydrogen-bond acceptors (Lipinski definition) is 5. The molecule has 0 spiro atoms. The molecule has 136 valence electrons. The fourth-order valence-electron chi connectivity index (χ4n) is 3.18. The van der Waals surface area contributed by atoms with Crippen LogP contribution in [0.1, 0.15) is 55.8 Å². The van der Waals surface area contributed by atoms with Gasteiger partial charge in [-0.2, -0.15) is 5.10 Å². The summed E-state index contributed by atoms with van der Waals surface area (Å²) in [5.41, 5.74) is 4.86. The number of nitrogens with one attached hydrogen (secondary N) is 1. The van der Waals surface area contributed by atoms with E-state index in [0.717, 1.165) is 18.8 Å². The van der Waals surface area contributed by atoms with Gasteiger partial charge in [-0.15, -0.1) is 11.3 Å². The molecule has 1 aromatic carbocycles. The molecule has 0 aliphatic heterocycles. The molecule has 26 heavy (non-hydrogen) atoms. The van der Waals surface area contributed by atoms with Gasteiger partial charge in [0.15, 0.2) is 0 Å². The number of thiophene rings is 1. The van der Waals surface area contributed by atoms with Crippen LogP contribution in [0.3, 0.4) is 0 Å². The van der Waals surface area contributed by atoms with Crippen LogP contribution in [0, 0.1) is 5.92 Å². The summed E-state index contributed by atoms with van der Waals surface area (Å²) in [5, 5.41) is 4.01. The van der Waals surface area contributed by atoms with Crippen LogP contribution in [0.15, 0.2) is 35.4 Å². The summed E-state index contributed by atoms with van der Waals surface area (Å²) in [6.07, 6.45) is 5.96. The number of fused-ring (bicyclic) bond motifs is 1. The van der Waals surface area contributed by atoms with Crippen LogP contribution in [0.25, 0.3) is 0 Å². The van der Waals surface area contributed by atoms with Crippen molar-refractivity contribution in [3.63, 3.8) is 0 Å². The normalized spacial score (nSPS) is 16.3. The first kappa shape index (κ1) is 18.3. The highest BCUT2D eigenvalue weighted by Crippen LogP contribution is 2.33. The van der Waals surface area contributed by atoms with Crippen molar-refractivity contribution in [1.82, 2.24) is 5.43 Å². The molecule has 0 fully saturated rings. The van der Waals surface area contributed by atoms with Crippen molar-refractivity contribution in [2.24, 2.45) is 11.0 Å². The first-order valence-corrected chi connectivity index (χ1v) is 9.56. The van der Waals surface area contributed by atoms with Gasteiger partial charge >= 0.3 is 5.97 Å². The topological polar surface area (TPSA) is 67.8 Å². The van der Waals surface area contributed by atoms with Crippen molar-refractivity contribution in [3.8, 4) is 0 Å². The number of esters is 1. The molecular weight excluding hydrogens is 348 g/mol. The Hall–Kier alpha value is -2.47. The van der Waals surface area contributed by atoms with Gasteiger partial charge in [-0.25, -0.2) is 10.2 Å². The number of hydrazone groups is 1. The van der Waals surface area contributed by atoms with Crippen LogP contribution >= 0.6 is 11.3 Å². The van der Waals surface area contributed by atoms with Gasteiger partial charge in [-0.1, -0.05) is 31.5 Å². The summed E-state index contributed by atoms with van der Waals surface area (Å²) < 4.78 is 4.75. The van der Waals surface area contributed by atoms with Gasteiger partial charge in [-0.05, 0) is 42.9 Å². The summed E-state index contributed by atoms with van der Waals surface area (Å²) in [5.74, 6) is 0.0693. The summed E-state index contributed by atoms with van der Waals surface area (Å²) in [6, 6.07) is 8.95. The van der Waals surface area contributed by atoms with Crippen LogP contribution in [0.4, 0.5) is 0 Å². The fourth-order valence-corrected chi connectivity index (χ4v) is 4.28. The molecule has 0 saturated carbocycles. The number of carbonyl (C=O) groups is 2. The number of hydrogen-bond donors (Lipinski definition) is 1. The highest BCUT2D eigenvalue weighted by molar-refractivity contribution is 7.14. The van der Waals surface area contributed by atoms with Gasteiger partial charge in [0.25, 0.3) is 5.91 Å². The molecule has 1 N–H and O–H groups in total.